The van der Waals surface area contributed by atoms with Crippen molar-refractivity contribution in [3.63, 3.8) is 0 Å². The molecule has 1 amide bonds. The standard InChI is InChI=1S/C8H8F5N3O/c1-3-5(4(2)16-15-3)14-6(17)7(9,10)8(11,12)13/h1-2H3,(H,14,17)(H,15,16). The molecule has 0 atom stereocenters. The van der Waals surface area contributed by atoms with Gasteiger partial charge in [0.05, 0.1) is 17.1 Å². The Kier molecular flexibility index (Phi) is 3.13. The lowest BCUT2D eigenvalue weighted by atomic mass is 10.2. The summed E-state index contributed by atoms with van der Waals surface area (Å²) in [6.07, 6.45) is -5.93. The normalized spacial score (nSPS) is 12.6. The van der Waals surface area contributed by atoms with E-state index in [0.717, 1.165) is 0 Å². The largest absolute Gasteiger partial charge is 0.463 e. The van der Waals surface area contributed by atoms with Crippen LogP contribution in [0.1, 0.15) is 11.4 Å². The third kappa shape index (κ3) is 2.37. The predicted octanol–water partition coefficient (Wildman–Crippen LogP) is 2.16. The van der Waals surface area contributed by atoms with E-state index in [-0.39, 0.29) is 17.1 Å². The average Bonchev–Trinajstić information content (AvgIpc) is 2.47. The van der Waals surface area contributed by atoms with Gasteiger partial charge in [0.25, 0.3) is 0 Å². The summed E-state index contributed by atoms with van der Waals surface area (Å²) in [7, 11) is 0. The Balaban J connectivity index is 2.95. The van der Waals surface area contributed by atoms with Gasteiger partial charge in [0, 0.05) is 0 Å². The highest BCUT2D eigenvalue weighted by molar-refractivity contribution is 5.97. The Labute approximate surface area is 92.2 Å². The molecule has 0 aliphatic heterocycles. The first-order valence-electron chi connectivity index (χ1n) is 4.35. The first-order chi connectivity index (χ1) is 7.57. The number of alkyl halides is 5. The molecule has 1 aromatic rings. The first kappa shape index (κ1) is 13.4. The lowest BCUT2D eigenvalue weighted by Crippen LogP contribution is -2.47. The number of H-pyrrole nitrogens is 1. The van der Waals surface area contributed by atoms with E-state index < -0.39 is 18.0 Å². The number of anilines is 1. The van der Waals surface area contributed by atoms with Gasteiger partial charge in [-0.05, 0) is 13.8 Å². The second kappa shape index (κ2) is 3.97. The van der Waals surface area contributed by atoms with E-state index in [2.05, 4.69) is 10.2 Å². The van der Waals surface area contributed by atoms with Crippen LogP contribution in [0.25, 0.3) is 0 Å². The van der Waals surface area contributed by atoms with Crippen molar-refractivity contribution in [3.8, 4) is 0 Å². The molecule has 1 aromatic heterocycles. The maximum atomic E-state index is 12.6. The number of aromatic amines is 1. The lowest BCUT2D eigenvalue weighted by molar-refractivity contribution is -0.267. The summed E-state index contributed by atoms with van der Waals surface area (Å²) in [6.45, 7) is 2.73. The molecule has 0 saturated carbocycles. The number of carbonyl (C=O) groups is 1. The Morgan fingerprint density at radius 3 is 2.12 bits per heavy atom. The van der Waals surface area contributed by atoms with Gasteiger partial charge in [-0.1, -0.05) is 0 Å². The van der Waals surface area contributed by atoms with Gasteiger partial charge in [-0.15, -0.1) is 0 Å². The van der Waals surface area contributed by atoms with Crippen LogP contribution in [0.5, 0.6) is 0 Å². The van der Waals surface area contributed by atoms with Crippen LogP contribution in [-0.2, 0) is 4.79 Å². The van der Waals surface area contributed by atoms with E-state index in [4.69, 9.17) is 0 Å². The molecule has 96 valence electrons. The number of aromatic nitrogens is 2. The molecular weight excluding hydrogens is 249 g/mol. The van der Waals surface area contributed by atoms with Crippen molar-refractivity contribution in [2.24, 2.45) is 0 Å². The van der Waals surface area contributed by atoms with Gasteiger partial charge in [-0.2, -0.15) is 27.1 Å². The summed E-state index contributed by atoms with van der Waals surface area (Å²) in [6, 6.07) is 0. The summed E-state index contributed by atoms with van der Waals surface area (Å²) < 4.78 is 60.9. The molecule has 0 spiro atoms. The molecule has 0 aliphatic rings. The van der Waals surface area contributed by atoms with Crippen LogP contribution >= 0.6 is 0 Å². The average molecular weight is 257 g/mol. The second-order valence-electron chi connectivity index (χ2n) is 3.34. The summed E-state index contributed by atoms with van der Waals surface area (Å²) in [5, 5.41) is 7.39. The van der Waals surface area contributed by atoms with Crippen molar-refractivity contribution in [1.29, 1.82) is 0 Å². The molecule has 0 fully saturated rings. The molecule has 0 bridgehead atoms. The third-order valence-corrected chi connectivity index (χ3v) is 2.01. The molecule has 1 rings (SSSR count). The molecule has 1 heterocycles. The molecular formula is C8H8F5N3O. The fraction of sp³-hybridized carbons (Fsp3) is 0.500. The number of aryl methyl sites for hydroxylation is 2. The molecule has 9 heteroatoms. The van der Waals surface area contributed by atoms with E-state index in [1.165, 1.54) is 19.2 Å². The van der Waals surface area contributed by atoms with Crippen LogP contribution in [0.2, 0.25) is 0 Å². The fourth-order valence-electron chi connectivity index (χ4n) is 1.06. The van der Waals surface area contributed by atoms with Gasteiger partial charge in [0.1, 0.15) is 0 Å². The number of amides is 1. The minimum absolute atomic E-state index is 0.119. The van der Waals surface area contributed by atoms with Crippen LogP contribution in [0.15, 0.2) is 0 Å². The zero-order chi connectivity index (χ0) is 13.4. The fourth-order valence-corrected chi connectivity index (χ4v) is 1.06. The van der Waals surface area contributed by atoms with Crippen molar-refractivity contribution in [2.45, 2.75) is 25.9 Å². The van der Waals surface area contributed by atoms with Gasteiger partial charge in [0.2, 0.25) is 0 Å². The molecule has 0 unspecified atom stereocenters. The van der Waals surface area contributed by atoms with Crippen LogP contribution < -0.4 is 5.32 Å². The van der Waals surface area contributed by atoms with Crippen molar-refractivity contribution in [2.75, 3.05) is 5.32 Å². The van der Waals surface area contributed by atoms with E-state index in [9.17, 15) is 26.7 Å². The third-order valence-electron chi connectivity index (χ3n) is 2.01. The smallest absolute Gasteiger partial charge is 0.317 e. The quantitative estimate of drug-likeness (QED) is 0.797. The first-order valence-corrected chi connectivity index (χ1v) is 4.35. The molecule has 0 aliphatic carbocycles. The van der Waals surface area contributed by atoms with Gasteiger partial charge < -0.3 is 5.32 Å². The maximum Gasteiger partial charge on any atom is 0.463 e. The monoisotopic (exact) mass is 257 g/mol. The summed E-state index contributed by atoms with van der Waals surface area (Å²) in [5.74, 6) is -7.87. The van der Waals surface area contributed by atoms with Crippen molar-refractivity contribution in [1.82, 2.24) is 10.2 Å². The van der Waals surface area contributed by atoms with Crippen LogP contribution in [0, 0.1) is 13.8 Å². The highest BCUT2D eigenvalue weighted by atomic mass is 19.4. The van der Waals surface area contributed by atoms with E-state index in [1.54, 1.807) is 0 Å². The summed E-state index contributed by atoms with van der Waals surface area (Å²) >= 11 is 0. The number of nitrogens with one attached hydrogen (secondary N) is 2. The zero-order valence-electron chi connectivity index (χ0n) is 8.75. The van der Waals surface area contributed by atoms with Crippen molar-refractivity contribution < 1.29 is 26.7 Å². The van der Waals surface area contributed by atoms with Gasteiger partial charge in [-0.3, -0.25) is 9.89 Å². The predicted molar refractivity (Wildman–Crippen MR) is 47.7 cm³/mol. The molecule has 17 heavy (non-hydrogen) atoms. The van der Waals surface area contributed by atoms with Crippen LogP contribution in [0.4, 0.5) is 27.6 Å². The van der Waals surface area contributed by atoms with E-state index in [1.807, 2.05) is 0 Å². The number of hydrogen-bond acceptors (Lipinski definition) is 2. The van der Waals surface area contributed by atoms with Crippen molar-refractivity contribution >= 4 is 11.6 Å². The number of nitrogens with zero attached hydrogens (tertiary/aromatic N) is 1. The minimum atomic E-state index is -5.93. The topological polar surface area (TPSA) is 57.8 Å². The second-order valence-corrected chi connectivity index (χ2v) is 3.34. The van der Waals surface area contributed by atoms with Crippen LogP contribution in [-0.4, -0.2) is 28.2 Å². The number of halogens is 5. The molecule has 4 nitrogen and oxygen atoms in total. The minimum Gasteiger partial charge on any atom is -0.317 e. The van der Waals surface area contributed by atoms with Gasteiger partial charge in [-0.25, -0.2) is 0 Å². The summed E-state index contributed by atoms with van der Waals surface area (Å²) in [5.41, 5.74) is 0.126. The van der Waals surface area contributed by atoms with E-state index >= 15 is 0 Å². The van der Waals surface area contributed by atoms with Crippen molar-refractivity contribution in [3.05, 3.63) is 11.4 Å². The highest BCUT2D eigenvalue weighted by Crippen LogP contribution is 2.36. The Bertz CT molecular complexity index is 417. The zero-order valence-corrected chi connectivity index (χ0v) is 8.75. The molecule has 0 radical (unpaired) electrons. The van der Waals surface area contributed by atoms with Gasteiger partial charge >= 0.3 is 18.0 Å². The molecule has 2 N–H and O–H groups in total. The van der Waals surface area contributed by atoms with Gasteiger partial charge in [0.15, 0.2) is 0 Å². The number of rotatable bonds is 2. The summed E-state index contributed by atoms with van der Waals surface area (Å²) in [4.78, 5) is 10.9. The van der Waals surface area contributed by atoms with E-state index in [0.29, 0.717) is 0 Å². The van der Waals surface area contributed by atoms with Crippen LogP contribution in [0.3, 0.4) is 0 Å². The SMILES string of the molecule is Cc1n[nH]c(C)c1NC(=O)C(F)(F)C(F)(F)F. The Hall–Kier alpha value is -1.67. The molecule has 0 aromatic carbocycles. The molecule has 0 saturated heterocycles. The lowest BCUT2D eigenvalue weighted by Gasteiger charge is -2.18. The Morgan fingerprint density at radius 2 is 1.76 bits per heavy atom. The highest BCUT2D eigenvalue weighted by Gasteiger charge is 2.63. The number of hydrogen-bond donors (Lipinski definition) is 2. The maximum absolute atomic E-state index is 12.6. The Morgan fingerprint density at radius 1 is 1.24 bits per heavy atom. The number of carbonyl (C=O) groups excluding carboxylic acids is 1.